The number of morpholine rings is 1. The first kappa shape index (κ1) is 15.0. The lowest BCUT2D eigenvalue weighted by Crippen LogP contribution is -2.40. The quantitative estimate of drug-likeness (QED) is 0.943. The summed E-state index contributed by atoms with van der Waals surface area (Å²) in [5, 5.41) is 3.38. The third-order valence-corrected chi connectivity index (χ3v) is 3.76. The zero-order valence-corrected chi connectivity index (χ0v) is 13.2. The maximum absolute atomic E-state index is 5.83. The van der Waals surface area contributed by atoms with Crippen LogP contribution in [0.4, 0.5) is 0 Å². The van der Waals surface area contributed by atoms with Crippen LogP contribution in [0.3, 0.4) is 0 Å². The van der Waals surface area contributed by atoms with E-state index in [-0.39, 0.29) is 6.10 Å². The van der Waals surface area contributed by atoms with Crippen molar-refractivity contribution in [2.45, 2.75) is 26.5 Å². The molecule has 2 heterocycles. The molecule has 4 nitrogen and oxygen atoms in total. The maximum Gasteiger partial charge on any atom is 0.0959 e. The van der Waals surface area contributed by atoms with Crippen molar-refractivity contribution in [2.75, 3.05) is 19.7 Å². The van der Waals surface area contributed by atoms with E-state index in [2.05, 4.69) is 59.1 Å². The van der Waals surface area contributed by atoms with Gasteiger partial charge >= 0.3 is 0 Å². The normalized spacial score (nSPS) is 18.2. The van der Waals surface area contributed by atoms with Crippen LogP contribution in [0.2, 0.25) is 0 Å². The first-order valence-electron chi connectivity index (χ1n) is 7.82. The molecule has 1 saturated heterocycles. The Morgan fingerprint density at radius 2 is 2.18 bits per heavy atom. The van der Waals surface area contributed by atoms with Crippen molar-refractivity contribution >= 4 is 6.08 Å². The minimum Gasteiger partial charge on any atom is -0.374 e. The van der Waals surface area contributed by atoms with Crippen LogP contribution < -0.4 is 5.32 Å². The summed E-state index contributed by atoms with van der Waals surface area (Å²) in [6.45, 7) is 7.67. The van der Waals surface area contributed by atoms with Crippen molar-refractivity contribution in [1.82, 2.24) is 14.9 Å². The summed E-state index contributed by atoms with van der Waals surface area (Å²) in [7, 11) is 0. The molecule has 1 aliphatic heterocycles. The molecule has 0 spiro atoms. The molecule has 0 amide bonds. The minimum atomic E-state index is 0.205. The molecule has 116 valence electrons. The van der Waals surface area contributed by atoms with Crippen molar-refractivity contribution in [3.63, 3.8) is 0 Å². The van der Waals surface area contributed by atoms with Crippen LogP contribution in [-0.4, -0.2) is 35.4 Å². The summed E-state index contributed by atoms with van der Waals surface area (Å²) in [5.74, 6) is 0. The molecule has 3 rings (SSSR count). The van der Waals surface area contributed by atoms with E-state index in [4.69, 9.17) is 4.74 Å². The summed E-state index contributed by atoms with van der Waals surface area (Å²) >= 11 is 0. The van der Waals surface area contributed by atoms with Crippen LogP contribution in [0.25, 0.3) is 17.3 Å². The van der Waals surface area contributed by atoms with Crippen LogP contribution in [-0.2, 0) is 11.3 Å². The highest BCUT2D eigenvalue weighted by Gasteiger charge is 2.17. The lowest BCUT2D eigenvalue weighted by molar-refractivity contribution is 0.0181. The van der Waals surface area contributed by atoms with Gasteiger partial charge in [-0.3, -0.25) is 0 Å². The molecule has 0 aliphatic carbocycles. The van der Waals surface area contributed by atoms with Crippen molar-refractivity contribution < 1.29 is 4.74 Å². The molecule has 2 aromatic rings. The van der Waals surface area contributed by atoms with E-state index in [1.54, 1.807) is 0 Å². The monoisotopic (exact) mass is 297 g/mol. The first-order chi connectivity index (χ1) is 10.7. The average molecular weight is 297 g/mol. The van der Waals surface area contributed by atoms with E-state index in [0.717, 1.165) is 43.2 Å². The second-order valence-corrected chi connectivity index (χ2v) is 5.92. The van der Waals surface area contributed by atoms with E-state index in [1.165, 1.54) is 5.57 Å². The van der Waals surface area contributed by atoms with Crippen LogP contribution in [0, 0.1) is 0 Å². The topological polar surface area (TPSA) is 39.1 Å². The van der Waals surface area contributed by atoms with Gasteiger partial charge in [0.1, 0.15) is 0 Å². The van der Waals surface area contributed by atoms with Gasteiger partial charge in [0.15, 0.2) is 0 Å². The summed E-state index contributed by atoms with van der Waals surface area (Å²) < 4.78 is 8.03. The van der Waals surface area contributed by atoms with Gasteiger partial charge in [-0.1, -0.05) is 35.9 Å². The van der Waals surface area contributed by atoms with Crippen molar-refractivity contribution in [2.24, 2.45) is 0 Å². The molecule has 0 radical (unpaired) electrons. The standard InChI is InChI=1S/C18H23N3O/c1-14(2)10-17-18(15-6-4-3-5-7-15)20-13-21(17)12-16-11-19-8-9-22-16/h3-7,10,13,16,19H,8-9,11-12H2,1-2H3. The number of imidazole rings is 1. The number of nitrogens with zero attached hydrogens (tertiary/aromatic N) is 2. The van der Waals surface area contributed by atoms with Gasteiger partial charge in [-0.25, -0.2) is 4.98 Å². The summed E-state index contributed by atoms with van der Waals surface area (Å²) in [6.07, 6.45) is 4.33. The second kappa shape index (κ2) is 6.90. The van der Waals surface area contributed by atoms with E-state index >= 15 is 0 Å². The first-order valence-corrected chi connectivity index (χ1v) is 7.82. The third-order valence-electron chi connectivity index (χ3n) is 3.76. The number of rotatable bonds is 4. The van der Waals surface area contributed by atoms with E-state index in [1.807, 2.05) is 12.4 Å². The van der Waals surface area contributed by atoms with Gasteiger partial charge in [-0.05, 0) is 19.9 Å². The van der Waals surface area contributed by atoms with Gasteiger partial charge in [0, 0.05) is 18.7 Å². The van der Waals surface area contributed by atoms with Gasteiger partial charge < -0.3 is 14.6 Å². The molecule has 1 aromatic heterocycles. The molecule has 1 unspecified atom stereocenters. The van der Waals surface area contributed by atoms with Gasteiger partial charge in [0.05, 0.1) is 37.0 Å². The Labute approximate surface area is 131 Å². The molecule has 1 N–H and O–H groups in total. The minimum absolute atomic E-state index is 0.205. The molecule has 1 aliphatic rings. The Morgan fingerprint density at radius 1 is 1.36 bits per heavy atom. The zero-order chi connectivity index (χ0) is 15.4. The van der Waals surface area contributed by atoms with Crippen LogP contribution in [0.15, 0.2) is 42.2 Å². The molecule has 0 bridgehead atoms. The fourth-order valence-electron chi connectivity index (χ4n) is 2.74. The fourth-order valence-corrected chi connectivity index (χ4v) is 2.74. The second-order valence-electron chi connectivity index (χ2n) is 5.92. The zero-order valence-electron chi connectivity index (χ0n) is 13.2. The number of hydrogen-bond acceptors (Lipinski definition) is 3. The molecular formula is C18H23N3O. The molecule has 1 fully saturated rings. The lowest BCUT2D eigenvalue weighted by Gasteiger charge is -2.24. The molecule has 0 saturated carbocycles. The Hall–Kier alpha value is -1.91. The Bertz CT molecular complexity index is 636. The van der Waals surface area contributed by atoms with E-state index < -0.39 is 0 Å². The van der Waals surface area contributed by atoms with Crippen LogP contribution in [0.5, 0.6) is 0 Å². The predicted molar refractivity (Wildman–Crippen MR) is 89.6 cm³/mol. The van der Waals surface area contributed by atoms with E-state index in [0.29, 0.717) is 0 Å². The van der Waals surface area contributed by atoms with Crippen molar-refractivity contribution in [3.8, 4) is 11.3 Å². The summed E-state index contributed by atoms with van der Waals surface area (Å²) in [5.41, 5.74) is 4.60. The van der Waals surface area contributed by atoms with Gasteiger partial charge in [-0.15, -0.1) is 0 Å². The smallest absolute Gasteiger partial charge is 0.0959 e. The van der Waals surface area contributed by atoms with Crippen LogP contribution in [0.1, 0.15) is 19.5 Å². The Kier molecular flexibility index (Phi) is 4.71. The maximum atomic E-state index is 5.83. The Morgan fingerprint density at radius 3 is 2.86 bits per heavy atom. The molecule has 1 atom stereocenters. The van der Waals surface area contributed by atoms with Crippen molar-refractivity contribution in [1.29, 1.82) is 0 Å². The number of allylic oxidation sites excluding steroid dienone is 1. The average Bonchev–Trinajstić information content (AvgIpc) is 2.91. The highest BCUT2D eigenvalue weighted by molar-refractivity contribution is 5.70. The SMILES string of the molecule is CC(C)=Cc1c(-c2ccccc2)ncn1CC1CNCCO1. The van der Waals surface area contributed by atoms with E-state index in [9.17, 15) is 0 Å². The number of hydrogen-bond donors (Lipinski definition) is 1. The highest BCUT2D eigenvalue weighted by atomic mass is 16.5. The largest absolute Gasteiger partial charge is 0.374 e. The summed E-state index contributed by atoms with van der Waals surface area (Å²) in [4.78, 5) is 4.65. The number of ether oxygens (including phenoxy) is 1. The highest BCUT2D eigenvalue weighted by Crippen LogP contribution is 2.24. The van der Waals surface area contributed by atoms with Gasteiger partial charge in [0.2, 0.25) is 0 Å². The molecule has 22 heavy (non-hydrogen) atoms. The number of benzene rings is 1. The fraction of sp³-hybridized carbons (Fsp3) is 0.389. The number of nitrogens with one attached hydrogen (secondary N) is 1. The van der Waals surface area contributed by atoms with Crippen LogP contribution >= 0.6 is 0 Å². The predicted octanol–water partition coefficient (Wildman–Crippen LogP) is 2.96. The Balaban J connectivity index is 1.93. The molecular weight excluding hydrogens is 274 g/mol. The lowest BCUT2D eigenvalue weighted by atomic mass is 10.1. The summed E-state index contributed by atoms with van der Waals surface area (Å²) in [6, 6.07) is 10.3. The number of aromatic nitrogens is 2. The van der Waals surface area contributed by atoms with Gasteiger partial charge in [-0.2, -0.15) is 0 Å². The van der Waals surface area contributed by atoms with Crippen molar-refractivity contribution in [3.05, 3.63) is 47.9 Å². The van der Waals surface area contributed by atoms with Gasteiger partial charge in [0.25, 0.3) is 0 Å². The third kappa shape index (κ3) is 3.46. The molecule has 1 aromatic carbocycles. The molecule has 4 heteroatoms.